The third-order valence-corrected chi connectivity index (χ3v) is 12.3. The van der Waals surface area contributed by atoms with E-state index < -0.39 is 5.91 Å². The number of hydrogen-bond acceptors (Lipinski definition) is 13. The van der Waals surface area contributed by atoms with E-state index in [9.17, 15) is 14.4 Å². The minimum atomic E-state index is -0.417. The number of pyridine rings is 2. The number of hydrogen-bond donors (Lipinski definition) is 4. The van der Waals surface area contributed by atoms with Gasteiger partial charge < -0.3 is 30.3 Å². The minimum absolute atomic E-state index is 0.00428. The maximum Gasteiger partial charge on any atom is 0.292 e. The third kappa shape index (κ3) is 11.1. The van der Waals surface area contributed by atoms with Crippen molar-refractivity contribution in [3.05, 3.63) is 113 Å². The number of carbonyl (C=O) groups excluding carboxylic acids is 3. The molecule has 3 amide bonds. The molecule has 5 aromatic rings. The molecule has 0 spiro atoms. The van der Waals surface area contributed by atoms with Crippen molar-refractivity contribution in [3.63, 3.8) is 0 Å². The number of likely N-dealkylation sites (tertiary alicyclic amines) is 1. The Morgan fingerprint density at radius 1 is 0.952 bits per heavy atom. The number of carbonyl (C=O) groups is 3. The number of piperidine rings is 2. The number of nitrogens with zero attached hydrogens (tertiary/aromatic N) is 7. The molecule has 330 valence electrons. The summed E-state index contributed by atoms with van der Waals surface area (Å²) in [5, 5.41) is 18.0. The van der Waals surface area contributed by atoms with E-state index in [1.807, 2.05) is 70.1 Å². The number of aryl methyl sites for hydroxylation is 1. The number of nitrogen functional groups attached to an aromatic ring is 1. The molecule has 15 nitrogen and oxygen atoms in total. The van der Waals surface area contributed by atoms with Crippen molar-refractivity contribution in [1.82, 2.24) is 35.6 Å². The van der Waals surface area contributed by atoms with Crippen molar-refractivity contribution < 1.29 is 18.9 Å². The van der Waals surface area contributed by atoms with Gasteiger partial charge in [0.2, 0.25) is 18.2 Å². The number of imide groups is 1. The first-order chi connectivity index (χ1) is 30.2. The molecule has 5 heterocycles. The van der Waals surface area contributed by atoms with Crippen molar-refractivity contribution in [2.75, 3.05) is 61.8 Å². The summed E-state index contributed by atoms with van der Waals surface area (Å²) >= 11 is 0. The molecule has 2 saturated heterocycles. The Bertz CT molecular complexity index is 2390. The van der Waals surface area contributed by atoms with Gasteiger partial charge in [0.25, 0.3) is 11.7 Å². The molecule has 2 aromatic carbocycles. The molecule has 0 bridgehead atoms. The van der Waals surface area contributed by atoms with Gasteiger partial charge in [-0.2, -0.15) is 4.98 Å². The van der Waals surface area contributed by atoms with Crippen LogP contribution in [0, 0.1) is 18.3 Å². The van der Waals surface area contributed by atoms with E-state index in [1.54, 1.807) is 6.20 Å². The van der Waals surface area contributed by atoms with E-state index in [-0.39, 0.29) is 41.6 Å². The Hall–Kier alpha value is -6.48. The zero-order valence-electron chi connectivity index (χ0n) is 37.0. The van der Waals surface area contributed by atoms with E-state index in [4.69, 9.17) is 20.7 Å². The SMILES string of the molecule is Cc1cc(C(=N)c2cc(-c3ccc(C4CCN(CC5CCN(c6ccc(N(C)CCC(=O)NC=O)cc6)CC5)CC4)nc3)cnc2N)ccc1CNC(=O)c1noc(C(C)(C)C)n1. The molecule has 2 fully saturated rings. The van der Waals surface area contributed by atoms with Crippen LogP contribution < -0.4 is 26.2 Å². The summed E-state index contributed by atoms with van der Waals surface area (Å²) < 4.78 is 5.26. The highest BCUT2D eigenvalue weighted by molar-refractivity contribution is 6.14. The van der Waals surface area contributed by atoms with E-state index in [2.05, 4.69) is 72.0 Å². The lowest BCUT2D eigenvalue weighted by Crippen LogP contribution is -2.41. The Labute approximate surface area is 369 Å². The monoisotopic (exact) mass is 853 g/mol. The first-order valence-electron chi connectivity index (χ1n) is 21.8. The van der Waals surface area contributed by atoms with Gasteiger partial charge >= 0.3 is 0 Å². The Balaban J connectivity index is 0.868. The maximum atomic E-state index is 12.7. The van der Waals surface area contributed by atoms with Crippen LogP contribution >= 0.6 is 0 Å². The fraction of sp³-hybridized carbons (Fsp3) is 0.417. The average molecular weight is 854 g/mol. The normalized spacial score (nSPS) is 15.2. The summed E-state index contributed by atoms with van der Waals surface area (Å²) in [5.74, 6) is 1.09. The largest absolute Gasteiger partial charge is 0.383 e. The fourth-order valence-corrected chi connectivity index (χ4v) is 8.34. The first-order valence-corrected chi connectivity index (χ1v) is 21.8. The summed E-state index contributed by atoms with van der Waals surface area (Å²) in [6.07, 6.45) is 8.85. The van der Waals surface area contributed by atoms with Crippen LogP contribution in [0.4, 0.5) is 17.2 Å². The second-order valence-electron chi connectivity index (χ2n) is 17.9. The van der Waals surface area contributed by atoms with Gasteiger partial charge in [0, 0.05) is 109 Å². The van der Waals surface area contributed by atoms with Gasteiger partial charge in [-0.3, -0.25) is 30.1 Å². The quantitative estimate of drug-likeness (QED) is 0.0683. The second kappa shape index (κ2) is 19.7. The van der Waals surface area contributed by atoms with Gasteiger partial charge in [0.1, 0.15) is 5.82 Å². The number of anilines is 3. The number of aromatic nitrogens is 4. The Morgan fingerprint density at radius 2 is 1.68 bits per heavy atom. The summed E-state index contributed by atoms with van der Waals surface area (Å²) in [4.78, 5) is 55.6. The summed E-state index contributed by atoms with van der Waals surface area (Å²) in [6.45, 7) is 13.9. The molecule has 7 rings (SSSR count). The lowest BCUT2D eigenvalue weighted by Gasteiger charge is -2.38. The van der Waals surface area contributed by atoms with Crippen LogP contribution in [0.5, 0.6) is 0 Å². The van der Waals surface area contributed by atoms with Crippen LogP contribution in [0.25, 0.3) is 11.1 Å². The molecule has 3 aromatic heterocycles. The molecule has 0 saturated carbocycles. The zero-order chi connectivity index (χ0) is 44.7. The predicted octanol–water partition coefficient (Wildman–Crippen LogP) is 6.26. The van der Waals surface area contributed by atoms with Gasteiger partial charge in [0.05, 0.1) is 5.71 Å². The number of nitrogens with one attached hydrogen (secondary N) is 3. The van der Waals surface area contributed by atoms with Crippen LogP contribution in [0.3, 0.4) is 0 Å². The lowest BCUT2D eigenvalue weighted by molar-refractivity contribution is -0.125. The minimum Gasteiger partial charge on any atom is -0.383 e. The van der Waals surface area contributed by atoms with Gasteiger partial charge in [-0.25, -0.2) is 4.98 Å². The molecule has 63 heavy (non-hydrogen) atoms. The molecule has 0 unspecified atom stereocenters. The molecule has 0 radical (unpaired) electrons. The van der Waals surface area contributed by atoms with Crippen LogP contribution in [0.1, 0.15) is 103 Å². The third-order valence-electron chi connectivity index (χ3n) is 12.3. The van der Waals surface area contributed by atoms with Crippen LogP contribution in [-0.4, -0.2) is 95.3 Å². The highest BCUT2D eigenvalue weighted by Crippen LogP contribution is 2.32. The van der Waals surface area contributed by atoms with E-state index >= 15 is 0 Å². The summed E-state index contributed by atoms with van der Waals surface area (Å²) in [7, 11) is 1.95. The topological polar surface area (TPSA) is 200 Å². The van der Waals surface area contributed by atoms with Gasteiger partial charge in [0.15, 0.2) is 0 Å². The molecule has 15 heteroatoms. The van der Waals surface area contributed by atoms with E-state index in [0.29, 0.717) is 41.8 Å². The molecular formula is C48H59N11O4. The van der Waals surface area contributed by atoms with Crippen LogP contribution in [-0.2, 0) is 21.5 Å². The highest BCUT2D eigenvalue weighted by Gasteiger charge is 2.27. The maximum absolute atomic E-state index is 12.7. The second-order valence-corrected chi connectivity index (χ2v) is 17.9. The molecule has 0 aliphatic carbocycles. The molecular weight excluding hydrogens is 795 g/mol. The summed E-state index contributed by atoms with van der Waals surface area (Å²) in [5.41, 5.74) is 14.4. The predicted molar refractivity (Wildman–Crippen MR) is 245 cm³/mol. The number of amides is 3. The Morgan fingerprint density at radius 3 is 2.33 bits per heavy atom. The summed E-state index contributed by atoms with van der Waals surface area (Å²) in [6, 6.07) is 20.3. The molecule has 0 atom stereocenters. The van der Waals surface area contributed by atoms with Crippen molar-refractivity contribution in [2.45, 2.75) is 77.7 Å². The zero-order valence-corrected chi connectivity index (χ0v) is 37.0. The lowest BCUT2D eigenvalue weighted by atomic mass is 9.90. The number of benzene rings is 2. The standard InChI is InChI=1S/C48H59N11O4/c1-31-24-34(6-7-35(31)26-53-46(62)45-55-47(63-56-45)48(2,3)4)43(49)40-25-37(28-52-44(40)50)36-8-13-41(51-27-36)33-16-20-58(21-17-33)29-32-14-22-59(23-15-32)39-11-9-38(10-12-39)57(5)19-18-42(61)54-30-60/h6-13,24-25,27-28,30,32-33,49H,14-23,26,29H2,1-5H3,(H2,50,52)(H,53,62)(H,54,60,61). The highest BCUT2D eigenvalue weighted by atomic mass is 16.5. The molecule has 5 N–H and O–H groups in total. The van der Waals surface area contributed by atoms with Crippen molar-refractivity contribution in [3.8, 4) is 11.1 Å². The average Bonchev–Trinajstić information content (AvgIpc) is 3.81. The van der Waals surface area contributed by atoms with Crippen molar-refractivity contribution >= 4 is 41.1 Å². The van der Waals surface area contributed by atoms with Crippen molar-refractivity contribution in [2.24, 2.45) is 5.92 Å². The molecule has 2 aliphatic heterocycles. The Kier molecular flexibility index (Phi) is 13.9. The van der Waals surface area contributed by atoms with Crippen LogP contribution in [0.15, 0.2) is 77.6 Å². The van der Waals surface area contributed by atoms with Crippen LogP contribution in [0.2, 0.25) is 0 Å². The van der Waals surface area contributed by atoms with Gasteiger partial charge in [-0.05, 0) is 105 Å². The van der Waals surface area contributed by atoms with Gasteiger partial charge in [-0.1, -0.05) is 44.1 Å². The van der Waals surface area contributed by atoms with E-state index in [1.165, 1.54) is 18.5 Å². The number of rotatable bonds is 15. The fourth-order valence-electron chi connectivity index (χ4n) is 8.34. The number of nitrogens with two attached hydrogens (primary N) is 1. The molecule has 2 aliphatic rings. The van der Waals surface area contributed by atoms with Crippen molar-refractivity contribution in [1.29, 1.82) is 5.41 Å². The smallest absolute Gasteiger partial charge is 0.292 e. The first kappa shape index (κ1) is 44.6. The van der Waals surface area contributed by atoms with Gasteiger partial charge in [-0.15, -0.1) is 0 Å². The van der Waals surface area contributed by atoms with E-state index in [0.717, 1.165) is 79.2 Å².